The molecule has 3 heteroatoms. The third kappa shape index (κ3) is 3.38. The second kappa shape index (κ2) is 7.30. The van der Waals surface area contributed by atoms with Gasteiger partial charge in [0.05, 0.1) is 11.4 Å². The lowest BCUT2D eigenvalue weighted by atomic mass is 9.95. The van der Waals surface area contributed by atoms with Gasteiger partial charge < -0.3 is 4.90 Å². The van der Waals surface area contributed by atoms with Crippen LogP contribution >= 0.6 is 0 Å². The minimum Gasteiger partial charge on any atom is -0.305 e. The Balaban J connectivity index is 1.83. The topological polar surface area (TPSA) is 28.0 Å². The number of aliphatic imine (C=N–C) groups is 2. The predicted octanol–water partition coefficient (Wildman–Crippen LogP) is 7.41. The Morgan fingerprint density at radius 1 is 0.719 bits per heavy atom. The van der Waals surface area contributed by atoms with Crippen LogP contribution in [0.3, 0.4) is 0 Å². The van der Waals surface area contributed by atoms with Crippen LogP contribution in [-0.2, 0) is 0 Å². The summed E-state index contributed by atoms with van der Waals surface area (Å²) in [4.78, 5) is 12.6. The second-order valence-electron chi connectivity index (χ2n) is 9.85. The lowest BCUT2D eigenvalue weighted by molar-refractivity contribution is 0.350. The normalized spacial score (nSPS) is 16.5. The second-order valence-corrected chi connectivity index (χ2v) is 9.85. The first-order valence-electron chi connectivity index (χ1n) is 11.2. The summed E-state index contributed by atoms with van der Waals surface area (Å²) in [5.41, 5.74) is 10.2. The average molecular weight is 420 g/mol. The van der Waals surface area contributed by atoms with Crippen LogP contribution in [0, 0.1) is 20.8 Å². The van der Waals surface area contributed by atoms with E-state index in [2.05, 4.69) is 113 Å². The van der Waals surface area contributed by atoms with Crippen molar-refractivity contribution in [3.8, 4) is 0 Å². The Kier molecular flexibility index (Phi) is 4.67. The Hall–Kier alpha value is -3.46. The number of aryl methyl sites for hydroxylation is 3. The third-order valence-electron chi connectivity index (χ3n) is 6.05. The van der Waals surface area contributed by atoms with Gasteiger partial charge in [0, 0.05) is 22.2 Å². The molecule has 0 saturated heterocycles. The molecule has 0 saturated carbocycles. The van der Waals surface area contributed by atoms with E-state index in [9.17, 15) is 0 Å². The fourth-order valence-electron chi connectivity index (χ4n) is 4.45. The van der Waals surface area contributed by atoms with E-state index < -0.39 is 0 Å². The number of rotatable bonds is 2. The van der Waals surface area contributed by atoms with Crippen LogP contribution in [0.4, 0.5) is 11.4 Å². The van der Waals surface area contributed by atoms with E-state index in [-0.39, 0.29) is 5.54 Å². The lowest BCUT2D eigenvalue weighted by Crippen LogP contribution is -2.46. The Morgan fingerprint density at radius 3 is 1.94 bits per heavy atom. The molecule has 0 atom stereocenters. The van der Waals surface area contributed by atoms with Gasteiger partial charge in [-0.25, -0.2) is 9.98 Å². The SMILES string of the molecule is Cc1ccc(N=C2C(c3ccc(C)cc3)=C3C(=Nc4ccc(C)cc43)N2C(C)(C)C)cc1. The molecule has 0 unspecified atom stereocenters. The monoisotopic (exact) mass is 419 g/mol. The maximum absolute atomic E-state index is 5.21. The molecule has 2 aliphatic heterocycles. The summed E-state index contributed by atoms with van der Waals surface area (Å²) in [6.45, 7) is 13.0. The zero-order chi connectivity index (χ0) is 22.6. The summed E-state index contributed by atoms with van der Waals surface area (Å²) in [5, 5.41) is 0. The number of nitrogens with zero attached hydrogens (tertiary/aromatic N) is 3. The fraction of sp³-hybridized carbons (Fsp3) is 0.241. The van der Waals surface area contributed by atoms with Gasteiger partial charge in [-0.1, -0.05) is 59.2 Å². The van der Waals surface area contributed by atoms with E-state index in [1.54, 1.807) is 0 Å². The maximum Gasteiger partial charge on any atom is 0.144 e. The Morgan fingerprint density at radius 2 is 1.31 bits per heavy atom. The van der Waals surface area contributed by atoms with Crippen molar-refractivity contribution in [2.45, 2.75) is 47.1 Å². The molecule has 2 heterocycles. The molecular formula is C29H29N3. The van der Waals surface area contributed by atoms with Gasteiger partial charge in [-0.2, -0.15) is 0 Å². The van der Waals surface area contributed by atoms with Crippen LogP contribution in [-0.4, -0.2) is 22.1 Å². The van der Waals surface area contributed by atoms with Crippen LogP contribution in [0.1, 0.15) is 48.6 Å². The lowest BCUT2D eigenvalue weighted by Gasteiger charge is -2.34. The number of amidine groups is 2. The molecule has 0 fully saturated rings. The average Bonchev–Trinajstić information content (AvgIpc) is 3.23. The summed E-state index contributed by atoms with van der Waals surface area (Å²) in [6, 6.07) is 23.7. The molecule has 0 N–H and O–H groups in total. The van der Waals surface area contributed by atoms with Crippen LogP contribution in [0.15, 0.2) is 76.7 Å². The number of hydrogen-bond acceptors (Lipinski definition) is 2. The number of fused-ring (bicyclic) bond motifs is 3. The minimum absolute atomic E-state index is 0.183. The minimum atomic E-state index is -0.183. The maximum atomic E-state index is 5.21. The molecule has 160 valence electrons. The molecule has 3 aromatic rings. The van der Waals surface area contributed by atoms with Crippen molar-refractivity contribution >= 4 is 34.2 Å². The van der Waals surface area contributed by atoms with Gasteiger partial charge in [0.2, 0.25) is 0 Å². The predicted molar refractivity (Wildman–Crippen MR) is 136 cm³/mol. The van der Waals surface area contributed by atoms with Crippen LogP contribution in [0.25, 0.3) is 11.1 Å². The summed E-state index contributed by atoms with van der Waals surface area (Å²) < 4.78 is 0. The quantitative estimate of drug-likeness (QED) is 0.425. The molecule has 32 heavy (non-hydrogen) atoms. The highest BCUT2D eigenvalue weighted by Gasteiger charge is 2.44. The molecule has 2 aliphatic rings. The first-order chi connectivity index (χ1) is 15.2. The van der Waals surface area contributed by atoms with E-state index >= 15 is 0 Å². The van der Waals surface area contributed by atoms with Crippen molar-refractivity contribution in [2.24, 2.45) is 9.98 Å². The van der Waals surface area contributed by atoms with Crippen LogP contribution < -0.4 is 0 Å². The van der Waals surface area contributed by atoms with E-state index in [0.717, 1.165) is 28.6 Å². The van der Waals surface area contributed by atoms with Gasteiger partial charge in [0.25, 0.3) is 0 Å². The number of hydrogen-bond donors (Lipinski definition) is 0. The van der Waals surface area contributed by atoms with Crippen molar-refractivity contribution in [2.75, 3.05) is 0 Å². The Labute approximate surface area is 190 Å². The highest BCUT2D eigenvalue weighted by molar-refractivity contribution is 6.53. The van der Waals surface area contributed by atoms with Crippen molar-refractivity contribution in [3.05, 3.63) is 94.5 Å². The zero-order valence-electron chi connectivity index (χ0n) is 19.7. The zero-order valence-corrected chi connectivity index (χ0v) is 19.7. The molecule has 3 nitrogen and oxygen atoms in total. The molecule has 0 amide bonds. The van der Waals surface area contributed by atoms with Crippen LogP contribution in [0.2, 0.25) is 0 Å². The first-order valence-corrected chi connectivity index (χ1v) is 11.2. The molecular weight excluding hydrogens is 390 g/mol. The van der Waals surface area contributed by atoms with Gasteiger partial charge >= 0.3 is 0 Å². The Bertz CT molecular complexity index is 1300. The summed E-state index contributed by atoms with van der Waals surface area (Å²) >= 11 is 0. The molecule has 0 aromatic heterocycles. The molecule has 0 aliphatic carbocycles. The standard InChI is InChI=1S/C29H29N3/c1-18-7-12-21(13-8-18)25-26-23-17-20(3)11-16-24(23)31-28(26)32(29(4,5)6)27(25)30-22-14-9-19(2)10-15-22/h7-17H,1-6H3. The molecule has 0 radical (unpaired) electrons. The van der Waals surface area contributed by atoms with Crippen molar-refractivity contribution < 1.29 is 0 Å². The van der Waals surface area contributed by atoms with E-state index in [1.807, 2.05) is 0 Å². The largest absolute Gasteiger partial charge is 0.305 e. The smallest absolute Gasteiger partial charge is 0.144 e. The first kappa shape index (κ1) is 20.4. The summed E-state index contributed by atoms with van der Waals surface area (Å²) in [5.74, 6) is 1.96. The molecule has 0 bridgehead atoms. The van der Waals surface area contributed by atoms with Gasteiger partial charge in [-0.3, -0.25) is 0 Å². The highest BCUT2D eigenvalue weighted by Crippen LogP contribution is 2.48. The highest BCUT2D eigenvalue weighted by atomic mass is 15.3. The molecule has 0 spiro atoms. The number of benzene rings is 3. The van der Waals surface area contributed by atoms with E-state index in [4.69, 9.17) is 9.98 Å². The van der Waals surface area contributed by atoms with Crippen molar-refractivity contribution in [1.29, 1.82) is 0 Å². The van der Waals surface area contributed by atoms with Crippen molar-refractivity contribution in [3.63, 3.8) is 0 Å². The van der Waals surface area contributed by atoms with E-state index in [0.29, 0.717) is 0 Å². The third-order valence-corrected chi connectivity index (χ3v) is 6.05. The van der Waals surface area contributed by atoms with Crippen molar-refractivity contribution in [1.82, 2.24) is 4.90 Å². The molecule has 5 rings (SSSR count). The van der Waals surface area contributed by atoms with Gasteiger partial charge in [-0.05, 0) is 71.4 Å². The van der Waals surface area contributed by atoms with Gasteiger partial charge in [0.1, 0.15) is 11.7 Å². The van der Waals surface area contributed by atoms with Gasteiger partial charge in [0.15, 0.2) is 0 Å². The fourth-order valence-corrected chi connectivity index (χ4v) is 4.45. The van der Waals surface area contributed by atoms with E-state index in [1.165, 1.54) is 33.4 Å². The molecule has 3 aromatic carbocycles. The van der Waals surface area contributed by atoms with Crippen LogP contribution in [0.5, 0.6) is 0 Å². The summed E-state index contributed by atoms with van der Waals surface area (Å²) in [7, 11) is 0. The van der Waals surface area contributed by atoms with Gasteiger partial charge in [-0.15, -0.1) is 0 Å². The summed E-state index contributed by atoms with van der Waals surface area (Å²) in [6.07, 6.45) is 0.